The molecule has 0 radical (unpaired) electrons. The van der Waals surface area contributed by atoms with Crippen molar-refractivity contribution in [3.8, 4) is 0 Å². The third kappa shape index (κ3) is 4.12. The van der Waals surface area contributed by atoms with Crippen LogP contribution in [0.2, 0.25) is 0 Å². The molecule has 1 aromatic rings. The van der Waals surface area contributed by atoms with E-state index in [1.165, 1.54) is 10.5 Å². The molecule has 2 rings (SSSR count). The number of nitrogens with one attached hydrogen (secondary N) is 2. The fourth-order valence-corrected chi connectivity index (χ4v) is 3.45. The Hall–Kier alpha value is -1.25. The second kappa shape index (κ2) is 6.96. The largest absolute Gasteiger partial charge is 0.317 e. The highest BCUT2D eigenvalue weighted by Crippen LogP contribution is 2.19. The summed E-state index contributed by atoms with van der Waals surface area (Å²) < 4.78 is 28.3. The minimum atomic E-state index is -3.52. The highest BCUT2D eigenvalue weighted by atomic mass is 32.2. The maximum Gasteiger partial charge on any atom is 0.302 e. The van der Waals surface area contributed by atoms with E-state index in [1.54, 1.807) is 12.1 Å². The van der Waals surface area contributed by atoms with E-state index in [9.17, 15) is 8.42 Å². The van der Waals surface area contributed by atoms with Crippen LogP contribution in [-0.2, 0) is 10.2 Å². The first-order valence-electron chi connectivity index (χ1n) is 6.88. The predicted molar refractivity (Wildman–Crippen MR) is 77.4 cm³/mol. The molecule has 20 heavy (non-hydrogen) atoms. The van der Waals surface area contributed by atoms with Crippen LogP contribution < -0.4 is 10.0 Å². The molecule has 112 valence electrons. The number of rotatable bonds is 6. The lowest BCUT2D eigenvalue weighted by molar-refractivity contribution is 0.269. The zero-order valence-electron chi connectivity index (χ0n) is 11.6. The third-order valence-corrected chi connectivity index (χ3v) is 4.91. The summed E-state index contributed by atoms with van der Waals surface area (Å²) in [5.41, 5.74) is 0. The third-order valence-electron chi connectivity index (χ3n) is 3.40. The Balaban J connectivity index is 1.89. The van der Waals surface area contributed by atoms with Gasteiger partial charge in [0.1, 0.15) is 0 Å². The zero-order valence-corrected chi connectivity index (χ0v) is 12.4. The number of hydrogen-bond acceptors (Lipinski definition) is 5. The first-order valence-corrected chi connectivity index (χ1v) is 8.32. The Morgan fingerprint density at radius 1 is 1.40 bits per heavy atom. The summed E-state index contributed by atoms with van der Waals surface area (Å²) in [6, 6.07) is 3.23. The first kappa shape index (κ1) is 15.1. The minimum Gasteiger partial charge on any atom is -0.317 e. The van der Waals surface area contributed by atoms with Gasteiger partial charge in [-0.3, -0.25) is 4.72 Å². The molecule has 7 nitrogen and oxygen atoms in total. The molecule has 1 aromatic heterocycles. The van der Waals surface area contributed by atoms with Gasteiger partial charge in [-0.1, -0.05) is 6.92 Å². The Labute approximate surface area is 120 Å². The first-order chi connectivity index (χ1) is 9.62. The Kier molecular flexibility index (Phi) is 5.27. The van der Waals surface area contributed by atoms with E-state index in [-0.39, 0.29) is 5.82 Å². The summed E-state index contributed by atoms with van der Waals surface area (Å²) in [6.45, 7) is 5.08. The molecule has 0 aliphatic carbocycles. The van der Waals surface area contributed by atoms with Gasteiger partial charge in [0.15, 0.2) is 5.82 Å². The fourth-order valence-electron chi connectivity index (χ4n) is 2.25. The number of aromatic nitrogens is 2. The van der Waals surface area contributed by atoms with E-state index in [1.807, 2.05) is 0 Å². The molecule has 0 saturated carbocycles. The molecule has 8 heteroatoms. The lowest BCUT2D eigenvalue weighted by Crippen LogP contribution is -2.43. The summed E-state index contributed by atoms with van der Waals surface area (Å²) >= 11 is 0. The summed E-state index contributed by atoms with van der Waals surface area (Å²) in [7, 11) is -3.52. The van der Waals surface area contributed by atoms with Crippen molar-refractivity contribution < 1.29 is 8.42 Å². The summed E-state index contributed by atoms with van der Waals surface area (Å²) in [6.07, 6.45) is 3.27. The van der Waals surface area contributed by atoms with Crippen molar-refractivity contribution in [2.24, 2.45) is 5.92 Å². The molecule has 0 aromatic carbocycles. The van der Waals surface area contributed by atoms with Crippen molar-refractivity contribution in [2.75, 3.05) is 30.9 Å². The van der Waals surface area contributed by atoms with E-state index in [2.05, 4.69) is 27.2 Å². The molecule has 2 heterocycles. The van der Waals surface area contributed by atoms with Gasteiger partial charge in [-0.05, 0) is 44.0 Å². The van der Waals surface area contributed by atoms with Crippen LogP contribution >= 0.6 is 0 Å². The van der Waals surface area contributed by atoms with Gasteiger partial charge in [-0.15, -0.1) is 5.10 Å². The average Bonchev–Trinajstić information content (AvgIpc) is 2.46. The molecule has 0 spiro atoms. The van der Waals surface area contributed by atoms with Crippen LogP contribution in [0.5, 0.6) is 0 Å². The Morgan fingerprint density at radius 3 is 2.75 bits per heavy atom. The molecule has 2 N–H and O–H groups in total. The van der Waals surface area contributed by atoms with Gasteiger partial charge < -0.3 is 5.32 Å². The molecule has 1 saturated heterocycles. The second-order valence-corrected chi connectivity index (χ2v) is 6.54. The van der Waals surface area contributed by atoms with Gasteiger partial charge in [0.25, 0.3) is 0 Å². The van der Waals surface area contributed by atoms with Gasteiger partial charge in [-0.2, -0.15) is 17.8 Å². The lowest BCUT2D eigenvalue weighted by atomic mass is 9.98. The van der Waals surface area contributed by atoms with E-state index in [0.29, 0.717) is 19.0 Å². The van der Waals surface area contributed by atoms with E-state index in [0.717, 1.165) is 25.9 Å². The summed E-state index contributed by atoms with van der Waals surface area (Å²) in [4.78, 5) is 0. The van der Waals surface area contributed by atoms with Crippen LogP contribution in [0, 0.1) is 5.92 Å². The van der Waals surface area contributed by atoms with Gasteiger partial charge >= 0.3 is 10.2 Å². The van der Waals surface area contributed by atoms with Crippen molar-refractivity contribution in [3.63, 3.8) is 0 Å². The molecule has 0 atom stereocenters. The predicted octanol–water partition coefficient (Wildman–Crippen LogP) is 0.455. The monoisotopic (exact) mass is 299 g/mol. The smallest absolute Gasteiger partial charge is 0.302 e. The van der Waals surface area contributed by atoms with Crippen molar-refractivity contribution in [1.82, 2.24) is 19.8 Å². The maximum atomic E-state index is 12.2. The standard InChI is InChI=1S/C12H21N5O2S/c1-2-13-10-11-5-8-17(9-6-11)20(18,19)16-12-4-3-7-14-15-12/h3-4,7,11,13H,2,5-6,8-10H2,1H3,(H,15,16). The van der Waals surface area contributed by atoms with Gasteiger partial charge in [-0.25, -0.2) is 0 Å². The highest BCUT2D eigenvalue weighted by Gasteiger charge is 2.27. The molecule has 0 unspecified atom stereocenters. The van der Waals surface area contributed by atoms with Gasteiger partial charge in [0.2, 0.25) is 0 Å². The topological polar surface area (TPSA) is 87.2 Å². The van der Waals surface area contributed by atoms with Crippen molar-refractivity contribution in [1.29, 1.82) is 0 Å². The maximum absolute atomic E-state index is 12.2. The molecule has 0 amide bonds. The van der Waals surface area contributed by atoms with Crippen molar-refractivity contribution >= 4 is 16.0 Å². The second-order valence-electron chi connectivity index (χ2n) is 4.87. The van der Waals surface area contributed by atoms with Gasteiger partial charge in [0.05, 0.1) is 0 Å². The van der Waals surface area contributed by atoms with Crippen LogP contribution in [0.4, 0.5) is 5.82 Å². The van der Waals surface area contributed by atoms with Crippen molar-refractivity contribution in [2.45, 2.75) is 19.8 Å². The average molecular weight is 299 g/mol. The van der Waals surface area contributed by atoms with E-state index >= 15 is 0 Å². The number of piperidine rings is 1. The van der Waals surface area contributed by atoms with Crippen LogP contribution in [0.15, 0.2) is 18.3 Å². The minimum absolute atomic E-state index is 0.252. The molecule has 1 aliphatic rings. The lowest BCUT2D eigenvalue weighted by Gasteiger charge is -2.31. The molecular weight excluding hydrogens is 278 g/mol. The van der Waals surface area contributed by atoms with Gasteiger partial charge in [0, 0.05) is 19.3 Å². The summed E-state index contributed by atoms with van der Waals surface area (Å²) in [5, 5.41) is 10.7. The number of nitrogens with zero attached hydrogens (tertiary/aromatic N) is 3. The van der Waals surface area contributed by atoms with Crippen LogP contribution in [0.25, 0.3) is 0 Å². The SMILES string of the molecule is CCNCC1CCN(S(=O)(=O)Nc2cccnn2)CC1. The van der Waals surface area contributed by atoms with Crippen molar-refractivity contribution in [3.05, 3.63) is 18.3 Å². The Bertz CT molecular complexity index is 500. The zero-order chi connectivity index (χ0) is 14.4. The van der Waals surface area contributed by atoms with Crippen LogP contribution in [0.3, 0.4) is 0 Å². The van der Waals surface area contributed by atoms with E-state index in [4.69, 9.17) is 0 Å². The fraction of sp³-hybridized carbons (Fsp3) is 0.667. The molecule has 1 aliphatic heterocycles. The quantitative estimate of drug-likeness (QED) is 0.796. The normalized spacial score (nSPS) is 18.1. The molecule has 0 bridgehead atoms. The molecule has 1 fully saturated rings. The molecular formula is C12H21N5O2S. The number of anilines is 1. The summed E-state index contributed by atoms with van der Waals surface area (Å²) in [5.74, 6) is 0.806. The Morgan fingerprint density at radius 2 is 2.15 bits per heavy atom. The van der Waals surface area contributed by atoms with Crippen LogP contribution in [-0.4, -0.2) is 49.1 Å². The highest BCUT2D eigenvalue weighted by molar-refractivity contribution is 7.90. The number of hydrogen-bond donors (Lipinski definition) is 2. The van der Waals surface area contributed by atoms with E-state index < -0.39 is 10.2 Å². The van der Waals surface area contributed by atoms with Crippen LogP contribution in [0.1, 0.15) is 19.8 Å².